The number of nitro groups is 1. The Morgan fingerprint density at radius 2 is 1.64 bits per heavy atom. The van der Waals surface area contributed by atoms with Gasteiger partial charge in [0.1, 0.15) is 0 Å². The fraction of sp³-hybridized carbons (Fsp3) is 0.467. The monoisotopic (exact) mass is 622 g/mol. The summed E-state index contributed by atoms with van der Waals surface area (Å²) in [6, 6.07) is 13.7. The SMILES string of the molecule is CCCCNc1nc(Nc2cccc(C(=O)NCCOCCOCCN)c2)nc(N2CCN(c3ccc([N+](=O)[O-])cc3)CC2)n1. The number of rotatable bonds is 18. The fourth-order valence-corrected chi connectivity index (χ4v) is 4.58. The molecule has 0 unspecified atom stereocenters. The van der Waals surface area contributed by atoms with Crippen LogP contribution >= 0.6 is 0 Å². The van der Waals surface area contributed by atoms with Crippen LogP contribution in [0.25, 0.3) is 0 Å². The van der Waals surface area contributed by atoms with E-state index in [0.29, 0.717) is 94.8 Å². The van der Waals surface area contributed by atoms with Crippen molar-refractivity contribution in [3.05, 3.63) is 64.2 Å². The van der Waals surface area contributed by atoms with Crippen LogP contribution in [-0.2, 0) is 9.47 Å². The van der Waals surface area contributed by atoms with Crippen molar-refractivity contribution in [2.75, 3.05) is 92.7 Å². The largest absolute Gasteiger partial charge is 0.378 e. The second-order valence-corrected chi connectivity index (χ2v) is 10.3. The van der Waals surface area contributed by atoms with Crippen LogP contribution in [0.5, 0.6) is 0 Å². The molecule has 2 heterocycles. The van der Waals surface area contributed by atoms with Crippen LogP contribution in [0.2, 0.25) is 0 Å². The zero-order valence-corrected chi connectivity index (χ0v) is 25.6. The van der Waals surface area contributed by atoms with Gasteiger partial charge in [-0.25, -0.2) is 0 Å². The fourth-order valence-electron chi connectivity index (χ4n) is 4.58. The lowest BCUT2D eigenvalue weighted by atomic mass is 10.2. The molecule has 0 aliphatic carbocycles. The van der Waals surface area contributed by atoms with Gasteiger partial charge in [0.2, 0.25) is 17.8 Å². The molecule has 0 spiro atoms. The molecule has 0 radical (unpaired) electrons. The number of amides is 1. The number of ether oxygens (including phenoxy) is 2. The Kier molecular flexibility index (Phi) is 13.0. The molecule has 4 rings (SSSR count). The molecule has 3 aromatic rings. The number of hydrogen-bond acceptors (Lipinski definition) is 13. The molecule has 1 aliphatic heterocycles. The van der Waals surface area contributed by atoms with E-state index in [-0.39, 0.29) is 11.6 Å². The van der Waals surface area contributed by atoms with Crippen molar-refractivity contribution in [3.8, 4) is 0 Å². The number of aromatic nitrogens is 3. The predicted molar refractivity (Wildman–Crippen MR) is 173 cm³/mol. The summed E-state index contributed by atoms with van der Waals surface area (Å²) in [5.41, 5.74) is 7.54. The van der Waals surface area contributed by atoms with Crippen LogP contribution in [0.4, 0.5) is 34.9 Å². The van der Waals surface area contributed by atoms with Crippen LogP contribution in [0.3, 0.4) is 0 Å². The molecule has 5 N–H and O–H groups in total. The minimum atomic E-state index is -0.396. The number of nitro benzene ring substituents is 1. The predicted octanol–water partition coefficient (Wildman–Crippen LogP) is 2.78. The summed E-state index contributed by atoms with van der Waals surface area (Å²) in [6.07, 6.45) is 2.01. The van der Waals surface area contributed by atoms with Crippen molar-refractivity contribution in [2.45, 2.75) is 19.8 Å². The van der Waals surface area contributed by atoms with E-state index in [1.807, 2.05) is 6.07 Å². The Balaban J connectivity index is 1.37. The average molecular weight is 623 g/mol. The lowest BCUT2D eigenvalue weighted by molar-refractivity contribution is -0.384. The van der Waals surface area contributed by atoms with E-state index in [0.717, 1.165) is 25.1 Å². The second kappa shape index (κ2) is 17.6. The summed E-state index contributed by atoms with van der Waals surface area (Å²) in [4.78, 5) is 41.6. The zero-order chi connectivity index (χ0) is 31.9. The summed E-state index contributed by atoms with van der Waals surface area (Å²) < 4.78 is 10.7. The number of nitrogens with two attached hydrogens (primary N) is 1. The second-order valence-electron chi connectivity index (χ2n) is 10.3. The summed E-state index contributed by atoms with van der Waals surface area (Å²) in [7, 11) is 0. The van der Waals surface area contributed by atoms with E-state index in [1.54, 1.807) is 30.3 Å². The third-order valence-corrected chi connectivity index (χ3v) is 6.97. The number of carbonyl (C=O) groups is 1. The minimum absolute atomic E-state index is 0.0719. The molecule has 2 aromatic carbocycles. The first-order valence-electron chi connectivity index (χ1n) is 15.2. The summed E-state index contributed by atoms with van der Waals surface area (Å²) in [5.74, 6) is 1.15. The molecule has 0 saturated carbocycles. The van der Waals surface area contributed by atoms with Crippen molar-refractivity contribution < 1.29 is 19.2 Å². The number of nitrogens with one attached hydrogen (secondary N) is 3. The van der Waals surface area contributed by atoms with Gasteiger partial charge < -0.3 is 41.0 Å². The van der Waals surface area contributed by atoms with Gasteiger partial charge in [-0.05, 0) is 36.8 Å². The molecule has 0 atom stereocenters. The molecule has 45 heavy (non-hydrogen) atoms. The minimum Gasteiger partial charge on any atom is -0.378 e. The van der Waals surface area contributed by atoms with Crippen molar-refractivity contribution in [1.29, 1.82) is 0 Å². The van der Waals surface area contributed by atoms with Gasteiger partial charge in [0.05, 0.1) is 31.4 Å². The molecule has 0 bridgehead atoms. The number of nitrogens with zero attached hydrogens (tertiary/aromatic N) is 6. The Morgan fingerprint density at radius 1 is 0.933 bits per heavy atom. The number of carbonyl (C=O) groups excluding carboxylic acids is 1. The average Bonchev–Trinajstić information content (AvgIpc) is 3.06. The molecule has 1 aliphatic rings. The van der Waals surface area contributed by atoms with Gasteiger partial charge in [-0.2, -0.15) is 15.0 Å². The lowest BCUT2D eigenvalue weighted by Gasteiger charge is -2.36. The highest BCUT2D eigenvalue weighted by atomic mass is 16.6. The van der Waals surface area contributed by atoms with Crippen LogP contribution in [0.1, 0.15) is 30.1 Å². The highest BCUT2D eigenvalue weighted by molar-refractivity contribution is 5.95. The van der Waals surface area contributed by atoms with Gasteiger partial charge in [-0.3, -0.25) is 14.9 Å². The Labute approximate surface area is 262 Å². The van der Waals surface area contributed by atoms with Crippen LogP contribution in [0, 0.1) is 10.1 Å². The Hall–Kier alpha value is -4.60. The maximum atomic E-state index is 12.7. The van der Waals surface area contributed by atoms with Gasteiger partial charge >= 0.3 is 0 Å². The van der Waals surface area contributed by atoms with Crippen molar-refractivity contribution >= 4 is 40.8 Å². The first-order valence-corrected chi connectivity index (χ1v) is 15.2. The third-order valence-electron chi connectivity index (χ3n) is 6.97. The quantitative estimate of drug-likeness (QED) is 0.0923. The Morgan fingerprint density at radius 3 is 2.36 bits per heavy atom. The van der Waals surface area contributed by atoms with Crippen molar-refractivity contribution in [1.82, 2.24) is 20.3 Å². The molecule has 1 fully saturated rings. The number of unbranched alkanes of at least 4 members (excludes halogenated alkanes) is 1. The van der Waals surface area contributed by atoms with E-state index in [2.05, 4.69) is 42.6 Å². The molecule has 1 saturated heterocycles. The topological polar surface area (TPSA) is 186 Å². The number of hydrogen-bond donors (Lipinski definition) is 4. The van der Waals surface area contributed by atoms with E-state index in [1.165, 1.54) is 12.1 Å². The smallest absolute Gasteiger partial charge is 0.269 e. The molecule has 15 nitrogen and oxygen atoms in total. The van der Waals surface area contributed by atoms with Gasteiger partial charge in [0.15, 0.2) is 0 Å². The number of non-ortho nitro benzene ring substituents is 1. The first-order chi connectivity index (χ1) is 22.0. The number of piperazine rings is 1. The molecule has 1 aromatic heterocycles. The highest BCUT2D eigenvalue weighted by Gasteiger charge is 2.21. The van der Waals surface area contributed by atoms with Gasteiger partial charge in [-0.15, -0.1) is 0 Å². The van der Waals surface area contributed by atoms with E-state index < -0.39 is 4.92 Å². The van der Waals surface area contributed by atoms with E-state index in [4.69, 9.17) is 20.2 Å². The van der Waals surface area contributed by atoms with E-state index in [9.17, 15) is 14.9 Å². The zero-order valence-electron chi connectivity index (χ0n) is 25.6. The van der Waals surface area contributed by atoms with Gasteiger partial charge in [-0.1, -0.05) is 19.4 Å². The number of benzene rings is 2. The van der Waals surface area contributed by atoms with Crippen LogP contribution in [-0.4, -0.2) is 98.0 Å². The van der Waals surface area contributed by atoms with E-state index >= 15 is 0 Å². The maximum Gasteiger partial charge on any atom is 0.269 e. The summed E-state index contributed by atoms with van der Waals surface area (Å²) >= 11 is 0. The van der Waals surface area contributed by atoms with Crippen molar-refractivity contribution in [3.63, 3.8) is 0 Å². The van der Waals surface area contributed by atoms with Crippen molar-refractivity contribution in [2.24, 2.45) is 5.73 Å². The normalized spacial score (nSPS) is 13.0. The maximum absolute atomic E-state index is 12.7. The van der Waals surface area contributed by atoms with Gasteiger partial charge in [0, 0.05) is 74.9 Å². The molecular formula is C30H42N10O5. The van der Waals surface area contributed by atoms with Gasteiger partial charge in [0.25, 0.3) is 11.6 Å². The van der Waals surface area contributed by atoms with Crippen LogP contribution in [0.15, 0.2) is 48.5 Å². The molecule has 242 valence electrons. The molecule has 1 amide bonds. The summed E-state index contributed by atoms with van der Waals surface area (Å²) in [6.45, 7) is 8.19. The first kappa shape index (κ1) is 33.3. The van der Waals surface area contributed by atoms with Crippen LogP contribution < -0.4 is 31.5 Å². The highest BCUT2D eigenvalue weighted by Crippen LogP contribution is 2.23. The summed E-state index contributed by atoms with van der Waals surface area (Å²) in [5, 5.41) is 20.4. The third kappa shape index (κ3) is 10.5. The Bertz CT molecular complexity index is 1370. The standard InChI is InChI=1S/C30H42N10O5/c1-2-3-12-33-28-35-29(34-24-6-4-5-23(22-24)27(41)32-13-19-45-21-20-44-18-11-31)37-30(36-28)39-16-14-38(15-17-39)25-7-9-26(10-8-25)40(42)43/h4-10,22H,2-3,11-21,31H2,1H3,(H,32,41)(H2,33,34,35,36,37). The molecule has 15 heteroatoms. The lowest BCUT2D eigenvalue weighted by Crippen LogP contribution is -2.47. The number of anilines is 5. The molecular weight excluding hydrogens is 580 g/mol.